The molecule has 1 aromatic rings. The highest BCUT2D eigenvalue weighted by Gasteiger charge is 2.35. The summed E-state index contributed by atoms with van der Waals surface area (Å²) in [7, 11) is 0. The monoisotopic (exact) mass is 272 g/mol. The number of aryl methyl sites for hydroxylation is 1. The maximum atomic E-state index is 10.6. The maximum absolute atomic E-state index is 10.6. The fourth-order valence-electron chi connectivity index (χ4n) is 2.44. The minimum Gasteiger partial charge on any atom is -0.384 e. The van der Waals surface area contributed by atoms with Gasteiger partial charge in [0.15, 0.2) is 0 Å². The van der Waals surface area contributed by atoms with Gasteiger partial charge in [-0.2, -0.15) is 5.10 Å². The Morgan fingerprint density at radius 2 is 2.13 bits per heavy atom. The first kappa shape index (κ1) is 11.1. The molecule has 0 spiro atoms. The smallest absolute Gasteiger partial charge is 0.107 e. The van der Waals surface area contributed by atoms with E-state index in [1.54, 1.807) is 6.20 Å². The molecule has 0 bridgehead atoms. The molecule has 0 unspecified atom stereocenters. The van der Waals surface area contributed by atoms with Gasteiger partial charge < -0.3 is 5.11 Å². The molecule has 1 N–H and O–H groups in total. The van der Waals surface area contributed by atoms with Crippen molar-refractivity contribution in [2.75, 3.05) is 0 Å². The summed E-state index contributed by atoms with van der Waals surface area (Å²) in [6.07, 6.45) is 6.95. The quantitative estimate of drug-likeness (QED) is 0.899. The highest BCUT2D eigenvalue weighted by Crippen LogP contribution is 2.39. The van der Waals surface area contributed by atoms with E-state index in [1.165, 1.54) is 6.42 Å². The Morgan fingerprint density at radius 3 is 2.73 bits per heavy atom. The van der Waals surface area contributed by atoms with Gasteiger partial charge >= 0.3 is 0 Å². The van der Waals surface area contributed by atoms with E-state index in [4.69, 9.17) is 0 Å². The molecule has 0 amide bonds. The van der Waals surface area contributed by atoms with Gasteiger partial charge in [0.2, 0.25) is 0 Å². The highest BCUT2D eigenvalue weighted by molar-refractivity contribution is 9.10. The van der Waals surface area contributed by atoms with E-state index in [2.05, 4.69) is 28.0 Å². The molecule has 84 valence electrons. The normalized spacial score (nSPS) is 20.5. The summed E-state index contributed by atoms with van der Waals surface area (Å²) in [5.41, 5.74) is 0.300. The third-order valence-electron chi connectivity index (χ3n) is 3.22. The summed E-state index contributed by atoms with van der Waals surface area (Å²) < 4.78 is 2.84. The lowest BCUT2D eigenvalue weighted by Gasteiger charge is -2.32. The van der Waals surface area contributed by atoms with Crippen LogP contribution in [0, 0.1) is 0 Å². The van der Waals surface area contributed by atoms with Gasteiger partial charge in [-0.3, -0.25) is 4.68 Å². The molecular weight excluding hydrogens is 256 g/mol. The standard InChI is InChI=1S/C11H17BrN2O/c1-2-14-10(9(12)8-13-14)11(15)6-4-3-5-7-11/h8,15H,2-7H2,1H3. The van der Waals surface area contributed by atoms with Crippen molar-refractivity contribution in [3.63, 3.8) is 0 Å². The summed E-state index contributed by atoms with van der Waals surface area (Å²) >= 11 is 3.49. The number of aromatic nitrogens is 2. The lowest BCUT2D eigenvalue weighted by atomic mass is 9.82. The van der Waals surface area contributed by atoms with Crippen molar-refractivity contribution in [3.05, 3.63) is 16.4 Å². The molecule has 4 heteroatoms. The van der Waals surface area contributed by atoms with Crippen LogP contribution in [0.2, 0.25) is 0 Å². The Bertz CT molecular complexity index is 342. The van der Waals surface area contributed by atoms with Crippen LogP contribution in [0.25, 0.3) is 0 Å². The van der Waals surface area contributed by atoms with Crippen molar-refractivity contribution in [2.45, 2.75) is 51.2 Å². The molecule has 1 aliphatic carbocycles. The van der Waals surface area contributed by atoms with Gasteiger partial charge in [0.05, 0.1) is 16.4 Å². The minimum atomic E-state index is -0.663. The summed E-state index contributed by atoms with van der Waals surface area (Å²) in [4.78, 5) is 0. The van der Waals surface area contributed by atoms with E-state index in [-0.39, 0.29) is 0 Å². The van der Waals surface area contributed by atoms with Crippen LogP contribution in [0.1, 0.15) is 44.7 Å². The molecule has 1 saturated carbocycles. The lowest BCUT2D eigenvalue weighted by molar-refractivity contribution is -0.00930. The van der Waals surface area contributed by atoms with Crippen molar-refractivity contribution in [3.8, 4) is 0 Å². The number of nitrogens with zero attached hydrogens (tertiary/aromatic N) is 2. The number of halogens is 1. The Balaban J connectivity index is 2.37. The molecule has 1 fully saturated rings. The van der Waals surface area contributed by atoms with E-state index in [0.29, 0.717) is 0 Å². The number of aliphatic hydroxyl groups is 1. The third kappa shape index (κ3) is 1.97. The van der Waals surface area contributed by atoms with Crippen LogP contribution in [-0.2, 0) is 12.1 Å². The lowest BCUT2D eigenvalue weighted by Crippen LogP contribution is -2.31. The van der Waals surface area contributed by atoms with Crippen molar-refractivity contribution < 1.29 is 5.11 Å². The zero-order valence-electron chi connectivity index (χ0n) is 9.04. The van der Waals surface area contributed by atoms with Gasteiger partial charge in [0.25, 0.3) is 0 Å². The molecule has 0 atom stereocenters. The summed E-state index contributed by atoms with van der Waals surface area (Å²) in [5, 5.41) is 14.9. The molecular formula is C11H17BrN2O. The minimum absolute atomic E-state index is 0.663. The van der Waals surface area contributed by atoms with Crippen LogP contribution in [0.3, 0.4) is 0 Å². The van der Waals surface area contributed by atoms with Crippen molar-refractivity contribution in [1.29, 1.82) is 0 Å². The van der Waals surface area contributed by atoms with Gasteiger partial charge in [-0.25, -0.2) is 0 Å². The number of hydrogen-bond donors (Lipinski definition) is 1. The van der Waals surface area contributed by atoms with Gasteiger partial charge in [0, 0.05) is 6.54 Å². The SMILES string of the molecule is CCn1ncc(Br)c1C1(O)CCCCC1. The average Bonchev–Trinajstić information content (AvgIpc) is 2.61. The van der Waals surface area contributed by atoms with Crippen LogP contribution in [0.15, 0.2) is 10.7 Å². The first-order chi connectivity index (χ1) is 7.17. The molecule has 0 radical (unpaired) electrons. The van der Waals surface area contributed by atoms with Crippen molar-refractivity contribution in [2.24, 2.45) is 0 Å². The molecule has 3 nitrogen and oxygen atoms in total. The predicted molar refractivity (Wildman–Crippen MR) is 62.6 cm³/mol. The van der Waals surface area contributed by atoms with Crippen LogP contribution in [-0.4, -0.2) is 14.9 Å². The third-order valence-corrected chi connectivity index (χ3v) is 3.80. The molecule has 15 heavy (non-hydrogen) atoms. The van der Waals surface area contributed by atoms with E-state index in [0.717, 1.165) is 42.4 Å². The predicted octanol–water partition coefficient (Wildman–Crippen LogP) is 2.82. The van der Waals surface area contributed by atoms with E-state index in [1.807, 2.05) is 4.68 Å². The number of hydrogen-bond acceptors (Lipinski definition) is 2. The summed E-state index contributed by atoms with van der Waals surface area (Å²) in [6.45, 7) is 2.86. The molecule has 1 aliphatic rings. The second kappa shape index (κ2) is 4.26. The zero-order chi connectivity index (χ0) is 10.9. The summed E-state index contributed by atoms with van der Waals surface area (Å²) in [6, 6.07) is 0. The summed E-state index contributed by atoms with van der Waals surface area (Å²) in [5.74, 6) is 0. The van der Waals surface area contributed by atoms with Crippen molar-refractivity contribution >= 4 is 15.9 Å². The second-order valence-corrected chi connectivity index (χ2v) is 5.10. The van der Waals surface area contributed by atoms with Crippen LogP contribution < -0.4 is 0 Å². The molecule has 0 saturated heterocycles. The van der Waals surface area contributed by atoms with Gasteiger partial charge in [-0.05, 0) is 35.7 Å². The fraction of sp³-hybridized carbons (Fsp3) is 0.727. The van der Waals surface area contributed by atoms with Gasteiger partial charge in [0.1, 0.15) is 5.60 Å². The second-order valence-electron chi connectivity index (χ2n) is 4.25. The Labute approximate surface area is 98.6 Å². The fourth-order valence-corrected chi connectivity index (χ4v) is 3.10. The Morgan fingerprint density at radius 1 is 1.47 bits per heavy atom. The van der Waals surface area contributed by atoms with E-state index >= 15 is 0 Å². The Kier molecular flexibility index (Phi) is 3.16. The maximum Gasteiger partial charge on any atom is 0.107 e. The molecule has 0 aromatic carbocycles. The zero-order valence-corrected chi connectivity index (χ0v) is 10.6. The molecule has 1 aromatic heterocycles. The molecule has 0 aliphatic heterocycles. The van der Waals surface area contributed by atoms with Gasteiger partial charge in [-0.15, -0.1) is 0 Å². The highest BCUT2D eigenvalue weighted by atomic mass is 79.9. The van der Waals surface area contributed by atoms with Crippen molar-refractivity contribution in [1.82, 2.24) is 9.78 Å². The molecule has 1 heterocycles. The first-order valence-electron chi connectivity index (χ1n) is 5.61. The first-order valence-corrected chi connectivity index (χ1v) is 6.41. The van der Waals surface area contributed by atoms with Crippen LogP contribution in [0.4, 0.5) is 0 Å². The van der Waals surface area contributed by atoms with Gasteiger partial charge in [-0.1, -0.05) is 19.3 Å². The van der Waals surface area contributed by atoms with E-state index in [9.17, 15) is 5.11 Å². The topological polar surface area (TPSA) is 38.0 Å². The molecule has 2 rings (SSSR count). The average molecular weight is 273 g/mol. The Hall–Kier alpha value is -0.350. The van der Waals surface area contributed by atoms with Crippen LogP contribution >= 0.6 is 15.9 Å². The van der Waals surface area contributed by atoms with Crippen LogP contribution in [0.5, 0.6) is 0 Å². The largest absolute Gasteiger partial charge is 0.384 e. The van der Waals surface area contributed by atoms with E-state index < -0.39 is 5.60 Å². The number of rotatable bonds is 2.